The zero-order valence-corrected chi connectivity index (χ0v) is 9.31. The van der Waals surface area contributed by atoms with Crippen LogP contribution in [0.1, 0.15) is 13.3 Å². The summed E-state index contributed by atoms with van der Waals surface area (Å²) in [7, 11) is 1.90. The minimum absolute atomic E-state index is 0.0389. The summed E-state index contributed by atoms with van der Waals surface area (Å²) < 4.78 is 0. The molecule has 1 aliphatic rings. The summed E-state index contributed by atoms with van der Waals surface area (Å²) in [6, 6.07) is 2.07. The van der Waals surface area contributed by atoms with Gasteiger partial charge in [0.2, 0.25) is 5.91 Å². The Balaban J connectivity index is 2.79. The molecule has 0 aromatic heterocycles. The lowest BCUT2D eigenvalue weighted by Crippen LogP contribution is -2.59. The Morgan fingerprint density at radius 2 is 2.40 bits per heavy atom. The van der Waals surface area contributed by atoms with Crippen LogP contribution >= 0.6 is 0 Å². The molecular formula is C11H17N3O. The number of amides is 1. The summed E-state index contributed by atoms with van der Waals surface area (Å²) in [5.41, 5.74) is 0. The van der Waals surface area contributed by atoms with Crippen molar-refractivity contribution in [3.8, 4) is 6.07 Å². The Morgan fingerprint density at radius 1 is 1.73 bits per heavy atom. The molecule has 1 heterocycles. The highest BCUT2D eigenvalue weighted by Gasteiger charge is 2.35. The number of nitriles is 1. The quantitative estimate of drug-likeness (QED) is 0.637. The third-order valence-electron chi connectivity index (χ3n) is 2.90. The minimum atomic E-state index is -0.293. The second-order valence-electron chi connectivity index (χ2n) is 3.92. The Kier molecular flexibility index (Phi) is 3.87. The van der Waals surface area contributed by atoms with Gasteiger partial charge in [0.1, 0.15) is 6.04 Å². The van der Waals surface area contributed by atoms with Crippen molar-refractivity contribution in [3.63, 3.8) is 0 Å². The smallest absolute Gasteiger partial charge is 0.241 e. The molecule has 0 bridgehead atoms. The highest BCUT2D eigenvalue weighted by molar-refractivity contribution is 5.83. The van der Waals surface area contributed by atoms with E-state index < -0.39 is 0 Å². The van der Waals surface area contributed by atoms with Crippen LogP contribution in [0.5, 0.6) is 0 Å². The Hall–Kier alpha value is -1.34. The lowest BCUT2D eigenvalue weighted by atomic mass is 10.0. The van der Waals surface area contributed by atoms with E-state index in [1.165, 1.54) is 0 Å². The van der Waals surface area contributed by atoms with E-state index >= 15 is 0 Å². The fraction of sp³-hybridized carbons (Fsp3) is 0.636. The van der Waals surface area contributed by atoms with Crippen molar-refractivity contribution in [1.29, 1.82) is 5.26 Å². The molecule has 0 radical (unpaired) electrons. The third-order valence-corrected chi connectivity index (χ3v) is 2.90. The van der Waals surface area contributed by atoms with Gasteiger partial charge in [-0.15, -0.1) is 6.58 Å². The van der Waals surface area contributed by atoms with Gasteiger partial charge in [0.05, 0.1) is 12.5 Å². The molecule has 1 aliphatic heterocycles. The number of piperazine rings is 1. The van der Waals surface area contributed by atoms with Crippen LogP contribution in [0.2, 0.25) is 0 Å². The lowest BCUT2D eigenvalue weighted by Gasteiger charge is -2.41. The molecule has 1 rings (SSSR count). The molecule has 82 valence electrons. The Morgan fingerprint density at radius 3 is 2.93 bits per heavy atom. The number of nitrogens with zero attached hydrogens (tertiary/aromatic N) is 3. The van der Waals surface area contributed by atoms with Gasteiger partial charge in [0.25, 0.3) is 0 Å². The van der Waals surface area contributed by atoms with Crippen LogP contribution in [0.4, 0.5) is 0 Å². The maximum atomic E-state index is 11.9. The van der Waals surface area contributed by atoms with Crippen LogP contribution in [-0.4, -0.2) is 47.9 Å². The molecule has 1 amide bonds. The third kappa shape index (κ3) is 2.37. The van der Waals surface area contributed by atoms with E-state index in [0.717, 1.165) is 0 Å². The molecule has 0 aromatic carbocycles. The number of likely N-dealkylation sites (N-methyl/N-ethyl adjacent to an activating group) is 1. The average molecular weight is 207 g/mol. The van der Waals surface area contributed by atoms with Crippen molar-refractivity contribution >= 4 is 5.91 Å². The zero-order chi connectivity index (χ0) is 11.4. The molecule has 2 atom stereocenters. The molecule has 0 N–H and O–H groups in total. The van der Waals surface area contributed by atoms with Gasteiger partial charge in [-0.3, -0.25) is 9.69 Å². The van der Waals surface area contributed by atoms with Crippen molar-refractivity contribution in [2.24, 2.45) is 0 Å². The molecule has 0 aromatic rings. The van der Waals surface area contributed by atoms with E-state index in [9.17, 15) is 4.79 Å². The Bertz CT molecular complexity index is 295. The first-order valence-corrected chi connectivity index (χ1v) is 5.10. The highest BCUT2D eigenvalue weighted by atomic mass is 16.2. The second kappa shape index (κ2) is 4.94. The summed E-state index contributed by atoms with van der Waals surface area (Å²) >= 11 is 0. The van der Waals surface area contributed by atoms with E-state index in [-0.39, 0.29) is 18.4 Å². The van der Waals surface area contributed by atoms with Crippen molar-refractivity contribution in [1.82, 2.24) is 9.80 Å². The van der Waals surface area contributed by atoms with Crippen LogP contribution in [0.3, 0.4) is 0 Å². The largest absolute Gasteiger partial charge is 0.336 e. The summed E-state index contributed by atoms with van der Waals surface area (Å²) in [4.78, 5) is 15.7. The number of hydrogen-bond donors (Lipinski definition) is 0. The van der Waals surface area contributed by atoms with Crippen molar-refractivity contribution in [2.45, 2.75) is 25.4 Å². The number of carbonyl (C=O) groups excluding carboxylic acids is 1. The predicted octanol–water partition coefficient (Wildman–Crippen LogP) is 0.617. The molecular weight excluding hydrogens is 190 g/mol. The van der Waals surface area contributed by atoms with Gasteiger partial charge in [-0.05, 0) is 14.0 Å². The second-order valence-corrected chi connectivity index (χ2v) is 3.92. The minimum Gasteiger partial charge on any atom is -0.336 e. The molecule has 4 nitrogen and oxygen atoms in total. The van der Waals surface area contributed by atoms with Crippen molar-refractivity contribution < 1.29 is 4.79 Å². The topological polar surface area (TPSA) is 47.3 Å². The van der Waals surface area contributed by atoms with Crippen LogP contribution in [0.15, 0.2) is 12.7 Å². The number of hydrogen-bond acceptors (Lipinski definition) is 3. The molecule has 1 saturated heterocycles. The number of rotatable bonds is 3. The highest BCUT2D eigenvalue weighted by Crippen LogP contribution is 2.17. The first-order valence-electron chi connectivity index (χ1n) is 5.10. The summed E-state index contributed by atoms with van der Waals surface area (Å²) in [5, 5.41) is 8.69. The van der Waals surface area contributed by atoms with Crippen LogP contribution in [0.25, 0.3) is 0 Å². The van der Waals surface area contributed by atoms with Crippen molar-refractivity contribution in [2.75, 3.05) is 20.1 Å². The maximum Gasteiger partial charge on any atom is 0.241 e. The molecule has 0 saturated carbocycles. The standard InChI is InChI=1S/C11H17N3O/c1-4-7-14-8-9(2)13(3)10(5-6-12)11(14)15/h4,9-10H,1,5,7-8H2,2-3H3. The monoisotopic (exact) mass is 207 g/mol. The van der Waals surface area contributed by atoms with E-state index in [2.05, 4.69) is 19.6 Å². The molecule has 2 unspecified atom stereocenters. The lowest BCUT2D eigenvalue weighted by molar-refractivity contribution is -0.142. The molecule has 0 aliphatic carbocycles. The van der Waals surface area contributed by atoms with E-state index in [0.29, 0.717) is 19.1 Å². The predicted molar refractivity (Wildman–Crippen MR) is 58.0 cm³/mol. The number of carbonyl (C=O) groups is 1. The summed E-state index contributed by atoms with van der Waals surface area (Å²) in [6.07, 6.45) is 1.98. The first kappa shape index (κ1) is 11.7. The Labute approximate surface area is 90.8 Å². The summed E-state index contributed by atoms with van der Waals surface area (Å²) in [5.74, 6) is 0.0389. The SMILES string of the molecule is C=CCN1CC(C)N(C)C(CC#N)C1=O. The maximum absolute atomic E-state index is 11.9. The van der Waals surface area contributed by atoms with E-state index in [1.54, 1.807) is 11.0 Å². The molecule has 1 fully saturated rings. The van der Waals surface area contributed by atoms with Gasteiger partial charge in [0.15, 0.2) is 0 Å². The van der Waals surface area contributed by atoms with Gasteiger partial charge < -0.3 is 4.90 Å². The normalized spacial score (nSPS) is 27.5. The van der Waals surface area contributed by atoms with Gasteiger partial charge in [0, 0.05) is 19.1 Å². The first-order chi connectivity index (χ1) is 7.11. The van der Waals surface area contributed by atoms with Gasteiger partial charge in [-0.25, -0.2) is 0 Å². The van der Waals surface area contributed by atoms with Gasteiger partial charge >= 0.3 is 0 Å². The molecule has 0 spiro atoms. The fourth-order valence-electron chi connectivity index (χ4n) is 1.87. The van der Waals surface area contributed by atoms with Crippen LogP contribution < -0.4 is 0 Å². The van der Waals surface area contributed by atoms with Crippen molar-refractivity contribution in [3.05, 3.63) is 12.7 Å². The average Bonchev–Trinajstić information content (AvgIpc) is 2.21. The van der Waals surface area contributed by atoms with Gasteiger partial charge in [-0.2, -0.15) is 5.26 Å². The van der Waals surface area contributed by atoms with Crippen LogP contribution in [-0.2, 0) is 4.79 Å². The van der Waals surface area contributed by atoms with Crippen LogP contribution in [0, 0.1) is 11.3 Å². The molecule has 15 heavy (non-hydrogen) atoms. The summed E-state index contributed by atoms with van der Waals surface area (Å²) in [6.45, 7) is 6.97. The van der Waals surface area contributed by atoms with Gasteiger partial charge in [-0.1, -0.05) is 6.08 Å². The molecule has 4 heteroatoms. The zero-order valence-electron chi connectivity index (χ0n) is 9.31. The fourth-order valence-corrected chi connectivity index (χ4v) is 1.87. The van der Waals surface area contributed by atoms with E-state index in [4.69, 9.17) is 5.26 Å². The van der Waals surface area contributed by atoms with E-state index in [1.807, 2.05) is 11.9 Å².